The third-order valence-corrected chi connectivity index (χ3v) is 3.54. The molecule has 1 aromatic rings. The lowest BCUT2D eigenvalue weighted by Crippen LogP contribution is -2.30. The third kappa shape index (κ3) is 2.57. The van der Waals surface area contributed by atoms with E-state index in [9.17, 15) is 0 Å². The molecular weight excluding hydrogens is 212 g/mol. The summed E-state index contributed by atoms with van der Waals surface area (Å²) in [6, 6.07) is 0.629. The monoisotopic (exact) mass is 234 g/mol. The molecule has 0 bridgehead atoms. The fourth-order valence-electron chi connectivity index (χ4n) is 2.51. The van der Waals surface area contributed by atoms with E-state index < -0.39 is 0 Å². The molecule has 94 valence electrons. The second-order valence-corrected chi connectivity index (χ2v) is 4.71. The van der Waals surface area contributed by atoms with Crippen LogP contribution in [0.2, 0.25) is 0 Å². The number of rotatable bonds is 4. The molecule has 1 aliphatic heterocycles. The van der Waals surface area contributed by atoms with Crippen LogP contribution in [0.5, 0.6) is 0 Å². The normalized spacial score (nSPS) is 19.9. The molecule has 17 heavy (non-hydrogen) atoms. The summed E-state index contributed by atoms with van der Waals surface area (Å²) >= 11 is 0. The van der Waals surface area contributed by atoms with E-state index in [0.29, 0.717) is 6.04 Å². The molecule has 1 fully saturated rings. The number of aromatic nitrogens is 2. The van der Waals surface area contributed by atoms with Crippen molar-refractivity contribution in [2.45, 2.75) is 45.7 Å². The Morgan fingerprint density at radius 2 is 2.35 bits per heavy atom. The third-order valence-electron chi connectivity index (χ3n) is 3.54. The maximum atomic E-state index is 4.65. The van der Waals surface area contributed by atoms with E-state index in [-0.39, 0.29) is 0 Å². The summed E-state index contributed by atoms with van der Waals surface area (Å²) < 4.78 is 0. The summed E-state index contributed by atoms with van der Waals surface area (Å²) in [5.74, 6) is 0.909. The van der Waals surface area contributed by atoms with Crippen LogP contribution in [0.25, 0.3) is 0 Å². The lowest BCUT2D eigenvalue weighted by Gasteiger charge is -2.24. The minimum atomic E-state index is 0.629. The van der Waals surface area contributed by atoms with Crippen molar-refractivity contribution in [2.24, 2.45) is 0 Å². The van der Waals surface area contributed by atoms with Gasteiger partial charge in [-0.2, -0.15) is 0 Å². The standard InChI is InChI=1S/C13H22N4/c1-4-12-6-5-7-17(12)13-15-9-11(8-14-3)10(2)16-13/h9,12,14H,4-8H2,1-3H3. The van der Waals surface area contributed by atoms with Crippen LogP contribution in [0.15, 0.2) is 6.20 Å². The van der Waals surface area contributed by atoms with E-state index in [4.69, 9.17) is 0 Å². The van der Waals surface area contributed by atoms with Crippen molar-refractivity contribution in [3.8, 4) is 0 Å². The van der Waals surface area contributed by atoms with Crippen molar-refractivity contribution in [1.29, 1.82) is 0 Å². The van der Waals surface area contributed by atoms with Crippen LogP contribution in [0.1, 0.15) is 37.4 Å². The SMILES string of the molecule is CCC1CCCN1c1ncc(CNC)c(C)n1. The van der Waals surface area contributed by atoms with Gasteiger partial charge in [-0.15, -0.1) is 0 Å². The molecule has 0 radical (unpaired) electrons. The van der Waals surface area contributed by atoms with Crippen molar-refractivity contribution in [2.75, 3.05) is 18.5 Å². The molecule has 1 atom stereocenters. The van der Waals surface area contributed by atoms with E-state index in [0.717, 1.165) is 24.7 Å². The van der Waals surface area contributed by atoms with Gasteiger partial charge < -0.3 is 10.2 Å². The Bertz CT molecular complexity index is 378. The molecule has 2 rings (SSSR count). The zero-order valence-electron chi connectivity index (χ0n) is 11.0. The Labute approximate surface area is 103 Å². The predicted octanol–water partition coefficient (Wildman–Crippen LogP) is 1.88. The van der Waals surface area contributed by atoms with Gasteiger partial charge in [0.15, 0.2) is 0 Å². The highest BCUT2D eigenvalue weighted by Crippen LogP contribution is 2.24. The van der Waals surface area contributed by atoms with Crippen molar-refractivity contribution < 1.29 is 0 Å². The molecule has 0 saturated carbocycles. The highest BCUT2D eigenvalue weighted by atomic mass is 15.3. The lowest BCUT2D eigenvalue weighted by atomic mass is 10.2. The average Bonchev–Trinajstić information content (AvgIpc) is 2.80. The second-order valence-electron chi connectivity index (χ2n) is 4.71. The van der Waals surface area contributed by atoms with Gasteiger partial charge in [0.1, 0.15) is 0 Å². The van der Waals surface area contributed by atoms with Crippen LogP contribution >= 0.6 is 0 Å². The van der Waals surface area contributed by atoms with Crippen molar-refractivity contribution in [3.63, 3.8) is 0 Å². The molecule has 1 N–H and O–H groups in total. The highest BCUT2D eigenvalue weighted by molar-refractivity contribution is 5.35. The van der Waals surface area contributed by atoms with Crippen molar-refractivity contribution >= 4 is 5.95 Å². The molecule has 0 aliphatic carbocycles. The summed E-state index contributed by atoms with van der Waals surface area (Å²) in [5.41, 5.74) is 2.27. The minimum absolute atomic E-state index is 0.629. The van der Waals surface area contributed by atoms with E-state index in [2.05, 4.69) is 34.0 Å². The van der Waals surface area contributed by atoms with E-state index in [1.165, 1.54) is 24.8 Å². The molecule has 0 spiro atoms. The van der Waals surface area contributed by atoms with Crippen LogP contribution in [-0.2, 0) is 6.54 Å². The lowest BCUT2D eigenvalue weighted by molar-refractivity contribution is 0.632. The Balaban J connectivity index is 2.19. The van der Waals surface area contributed by atoms with Crippen LogP contribution in [-0.4, -0.2) is 29.6 Å². The fourth-order valence-corrected chi connectivity index (χ4v) is 2.51. The van der Waals surface area contributed by atoms with Crippen LogP contribution < -0.4 is 10.2 Å². The van der Waals surface area contributed by atoms with Crippen molar-refractivity contribution in [1.82, 2.24) is 15.3 Å². The molecule has 1 aliphatic rings. The molecule has 4 heteroatoms. The average molecular weight is 234 g/mol. The smallest absolute Gasteiger partial charge is 0.225 e. The number of hydrogen-bond acceptors (Lipinski definition) is 4. The van der Waals surface area contributed by atoms with Gasteiger partial charge in [0, 0.05) is 36.6 Å². The van der Waals surface area contributed by atoms with Gasteiger partial charge in [0.25, 0.3) is 0 Å². The largest absolute Gasteiger partial charge is 0.338 e. The first-order valence-corrected chi connectivity index (χ1v) is 6.50. The van der Waals surface area contributed by atoms with E-state index in [1.54, 1.807) is 0 Å². The van der Waals surface area contributed by atoms with Gasteiger partial charge in [-0.1, -0.05) is 6.92 Å². The van der Waals surface area contributed by atoms with E-state index in [1.807, 2.05) is 13.2 Å². The molecule has 1 saturated heterocycles. The molecule has 4 nitrogen and oxygen atoms in total. The summed E-state index contributed by atoms with van der Waals surface area (Å²) in [6.45, 7) is 6.24. The number of aryl methyl sites for hydroxylation is 1. The number of nitrogens with zero attached hydrogens (tertiary/aromatic N) is 3. The first-order chi connectivity index (χ1) is 8.26. The Morgan fingerprint density at radius 3 is 3.00 bits per heavy atom. The van der Waals surface area contributed by atoms with Crippen LogP contribution in [0, 0.1) is 6.92 Å². The van der Waals surface area contributed by atoms with Gasteiger partial charge in [-0.05, 0) is 33.2 Å². The summed E-state index contributed by atoms with van der Waals surface area (Å²) in [6.07, 6.45) is 5.68. The highest BCUT2D eigenvalue weighted by Gasteiger charge is 2.25. The first kappa shape index (κ1) is 12.3. The van der Waals surface area contributed by atoms with Crippen LogP contribution in [0.4, 0.5) is 5.95 Å². The Hall–Kier alpha value is -1.16. The first-order valence-electron chi connectivity index (χ1n) is 6.50. The zero-order chi connectivity index (χ0) is 12.3. The van der Waals surface area contributed by atoms with Gasteiger partial charge >= 0.3 is 0 Å². The minimum Gasteiger partial charge on any atom is -0.338 e. The number of nitrogens with one attached hydrogen (secondary N) is 1. The fraction of sp³-hybridized carbons (Fsp3) is 0.692. The van der Waals surface area contributed by atoms with Crippen molar-refractivity contribution in [3.05, 3.63) is 17.5 Å². The van der Waals surface area contributed by atoms with Gasteiger partial charge in [0.05, 0.1) is 0 Å². The topological polar surface area (TPSA) is 41.1 Å². The number of hydrogen-bond donors (Lipinski definition) is 1. The van der Waals surface area contributed by atoms with Gasteiger partial charge in [-0.25, -0.2) is 9.97 Å². The summed E-state index contributed by atoms with van der Waals surface area (Å²) in [4.78, 5) is 11.5. The quantitative estimate of drug-likeness (QED) is 0.863. The maximum absolute atomic E-state index is 4.65. The predicted molar refractivity (Wildman–Crippen MR) is 70.2 cm³/mol. The Morgan fingerprint density at radius 1 is 1.53 bits per heavy atom. The maximum Gasteiger partial charge on any atom is 0.225 e. The summed E-state index contributed by atoms with van der Waals surface area (Å²) in [7, 11) is 1.95. The second kappa shape index (κ2) is 5.45. The zero-order valence-corrected chi connectivity index (χ0v) is 11.0. The van der Waals surface area contributed by atoms with E-state index >= 15 is 0 Å². The molecule has 1 aromatic heterocycles. The Kier molecular flexibility index (Phi) is 3.94. The number of anilines is 1. The molecule has 2 heterocycles. The molecular formula is C13H22N4. The van der Waals surface area contributed by atoms with Gasteiger partial charge in [0.2, 0.25) is 5.95 Å². The van der Waals surface area contributed by atoms with Crippen LogP contribution in [0.3, 0.4) is 0 Å². The summed E-state index contributed by atoms with van der Waals surface area (Å²) in [5, 5.41) is 3.14. The molecule has 0 aromatic carbocycles. The molecule has 1 unspecified atom stereocenters. The molecule has 0 amide bonds. The van der Waals surface area contributed by atoms with Gasteiger partial charge in [-0.3, -0.25) is 0 Å².